The van der Waals surface area contributed by atoms with Crippen molar-refractivity contribution < 1.29 is 9.53 Å². The number of amides is 1. The Hall–Kier alpha value is -3.53. The first-order valence-corrected chi connectivity index (χ1v) is 12.2. The SMILES string of the molecule is CCNC(=O)C(=C=c1sc(=C=CNc2cccc(OCCN3CCCC3)c2)c(=O)n1CC)C#N. The maximum Gasteiger partial charge on any atom is 0.277 e. The van der Waals surface area contributed by atoms with Gasteiger partial charge in [0.05, 0.1) is 0 Å². The number of benzene rings is 1. The van der Waals surface area contributed by atoms with E-state index >= 15 is 0 Å². The van der Waals surface area contributed by atoms with Gasteiger partial charge < -0.3 is 15.4 Å². The van der Waals surface area contributed by atoms with Crippen molar-refractivity contribution in [2.45, 2.75) is 33.2 Å². The van der Waals surface area contributed by atoms with E-state index in [0.29, 0.717) is 28.9 Å². The first-order valence-electron chi connectivity index (χ1n) is 11.4. The summed E-state index contributed by atoms with van der Waals surface area (Å²) in [5.74, 6) is 0.261. The van der Waals surface area contributed by atoms with Crippen LogP contribution < -0.4 is 30.1 Å². The molecule has 0 atom stereocenters. The van der Waals surface area contributed by atoms with E-state index in [2.05, 4.69) is 27.0 Å². The first-order chi connectivity index (χ1) is 16.5. The monoisotopic (exact) mass is 479 g/mol. The van der Waals surface area contributed by atoms with Crippen LogP contribution in [0.3, 0.4) is 0 Å². The highest BCUT2D eigenvalue weighted by Gasteiger charge is 2.11. The molecule has 34 heavy (non-hydrogen) atoms. The Morgan fingerprint density at radius 1 is 1.29 bits per heavy atom. The maximum atomic E-state index is 12.7. The number of ether oxygens (including phenoxy) is 1. The van der Waals surface area contributed by atoms with Crippen molar-refractivity contribution in [2.24, 2.45) is 0 Å². The van der Waals surface area contributed by atoms with Crippen LogP contribution in [0.2, 0.25) is 0 Å². The summed E-state index contributed by atoms with van der Waals surface area (Å²) in [6.45, 7) is 8.23. The van der Waals surface area contributed by atoms with Gasteiger partial charge >= 0.3 is 0 Å². The summed E-state index contributed by atoms with van der Waals surface area (Å²) < 4.78 is 8.09. The van der Waals surface area contributed by atoms with Gasteiger partial charge in [0, 0.05) is 37.6 Å². The number of nitrogens with zero attached hydrogens (tertiary/aromatic N) is 3. The zero-order valence-electron chi connectivity index (χ0n) is 19.5. The number of likely N-dealkylation sites (N-methyl/N-ethyl adjacent to an activating group) is 1. The van der Waals surface area contributed by atoms with E-state index in [4.69, 9.17) is 4.74 Å². The molecule has 178 valence electrons. The number of hydrogen-bond donors (Lipinski definition) is 2. The molecule has 0 aliphatic carbocycles. The van der Waals surface area contributed by atoms with Crippen molar-refractivity contribution in [3.8, 4) is 11.8 Å². The Bertz CT molecular complexity index is 1300. The van der Waals surface area contributed by atoms with Gasteiger partial charge in [-0.2, -0.15) is 5.26 Å². The van der Waals surface area contributed by atoms with Crippen LogP contribution in [0.4, 0.5) is 5.69 Å². The molecule has 1 saturated heterocycles. The van der Waals surface area contributed by atoms with Gasteiger partial charge in [0.25, 0.3) is 11.5 Å². The topological polar surface area (TPSA) is 99.4 Å². The van der Waals surface area contributed by atoms with Crippen LogP contribution in [0.25, 0.3) is 11.5 Å². The molecule has 1 aliphatic heterocycles. The molecular formula is C25H29N5O3S. The molecule has 2 N–H and O–H groups in total. The molecule has 2 aromatic rings. The van der Waals surface area contributed by atoms with Crippen LogP contribution in [0.15, 0.2) is 40.8 Å². The minimum absolute atomic E-state index is 0.166. The molecular weight excluding hydrogens is 450 g/mol. The molecule has 0 spiro atoms. The highest BCUT2D eigenvalue weighted by molar-refractivity contribution is 7.07. The van der Waals surface area contributed by atoms with Gasteiger partial charge in [-0.25, -0.2) is 0 Å². The molecule has 8 nitrogen and oxygen atoms in total. The predicted molar refractivity (Wildman–Crippen MR) is 134 cm³/mol. The van der Waals surface area contributed by atoms with Gasteiger partial charge in [0.15, 0.2) is 5.57 Å². The summed E-state index contributed by atoms with van der Waals surface area (Å²) in [5, 5.41) is 15.0. The summed E-state index contributed by atoms with van der Waals surface area (Å²) >= 11 is 1.13. The second-order valence-corrected chi connectivity index (χ2v) is 8.61. The average Bonchev–Trinajstić information content (AvgIpc) is 3.45. The maximum absolute atomic E-state index is 12.7. The molecule has 1 fully saturated rings. The van der Waals surface area contributed by atoms with E-state index in [9.17, 15) is 14.9 Å². The molecule has 0 radical (unpaired) electrons. The number of likely N-dealkylation sites (tertiary alicyclic amines) is 1. The third kappa shape index (κ3) is 6.74. The summed E-state index contributed by atoms with van der Waals surface area (Å²) in [6, 6.07) is 9.46. The summed E-state index contributed by atoms with van der Waals surface area (Å²) in [4.78, 5) is 27.1. The van der Waals surface area contributed by atoms with Gasteiger partial charge in [-0.3, -0.25) is 19.1 Å². The van der Waals surface area contributed by atoms with Crippen LogP contribution in [0, 0.1) is 11.3 Å². The third-order valence-corrected chi connectivity index (χ3v) is 6.27. The lowest BCUT2D eigenvalue weighted by Crippen LogP contribution is -2.30. The quantitative estimate of drug-likeness (QED) is 0.416. The largest absolute Gasteiger partial charge is 0.492 e. The summed E-state index contributed by atoms with van der Waals surface area (Å²) in [7, 11) is 0. The Kier molecular flexibility index (Phi) is 9.33. The highest BCUT2D eigenvalue weighted by Crippen LogP contribution is 2.17. The standard InChI is InChI=1S/C25H29N5O3S/c1-3-27-24(31)19(18-26)16-23-30(4-2)25(32)22(34-23)10-11-28-20-8-7-9-21(17-20)33-15-14-29-12-5-6-13-29/h7-9,11,17,28H,3-6,12-15H2,1-2H3,(H,27,31). The van der Waals surface area contributed by atoms with Crippen LogP contribution in [-0.4, -0.2) is 48.2 Å². The van der Waals surface area contributed by atoms with Gasteiger partial charge in [-0.1, -0.05) is 28.9 Å². The zero-order chi connectivity index (χ0) is 24.3. The first kappa shape index (κ1) is 25.1. The van der Waals surface area contributed by atoms with Gasteiger partial charge in [0.2, 0.25) is 0 Å². The normalized spacial score (nSPS) is 12.9. The number of carbonyl (C=O) groups excluding carboxylic acids is 1. The van der Waals surface area contributed by atoms with E-state index in [1.54, 1.807) is 13.1 Å². The second-order valence-electron chi connectivity index (χ2n) is 7.62. The van der Waals surface area contributed by atoms with Crippen LogP contribution >= 0.6 is 11.3 Å². The fraction of sp³-hybridized carbons (Fsp3) is 0.400. The summed E-state index contributed by atoms with van der Waals surface area (Å²) in [5.41, 5.74) is 6.15. The number of nitriles is 1. The Morgan fingerprint density at radius 2 is 2.09 bits per heavy atom. The van der Waals surface area contributed by atoms with Crippen molar-refractivity contribution in [2.75, 3.05) is 38.1 Å². The number of carbonyl (C=O) groups is 1. The lowest BCUT2D eigenvalue weighted by molar-refractivity contribution is -0.116. The van der Waals surface area contributed by atoms with E-state index in [1.807, 2.05) is 37.3 Å². The number of thiazole rings is 1. The molecule has 0 unspecified atom stereocenters. The van der Waals surface area contributed by atoms with Gasteiger partial charge in [-0.15, -0.1) is 0 Å². The lowest BCUT2D eigenvalue weighted by atomic mass is 10.3. The minimum Gasteiger partial charge on any atom is -0.492 e. The van der Waals surface area contributed by atoms with Crippen molar-refractivity contribution in [1.29, 1.82) is 5.26 Å². The van der Waals surface area contributed by atoms with Crippen molar-refractivity contribution >= 4 is 34.4 Å². The fourth-order valence-electron chi connectivity index (χ4n) is 3.53. The Morgan fingerprint density at radius 3 is 2.79 bits per heavy atom. The average molecular weight is 480 g/mol. The molecule has 1 aromatic carbocycles. The molecule has 9 heteroatoms. The van der Waals surface area contributed by atoms with E-state index in [0.717, 1.165) is 42.4 Å². The van der Waals surface area contributed by atoms with Gasteiger partial charge in [-0.05, 0) is 51.9 Å². The second kappa shape index (κ2) is 12.6. The zero-order valence-corrected chi connectivity index (χ0v) is 20.3. The van der Waals surface area contributed by atoms with Gasteiger partial charge in [0.1, 0.15) is 27.6 Å². The van der Waals surface area contributed by atoms with Crippen LogP contribution in [-0.2, 0) is 11.3 Å². The van der Waals surface area contributed by atoms with Crippen LogP contribution in [0.1, 0.15) is 26.7 Å². The Labute approximate surface area is 202 Å². The number of nitrogens with one attached hydrogen (secondary N) is 2. The van der Waals surface area contributed by atoms with Crippen molar-refractivity contribution in [3.05, 3.63) is 55.6 Å². The lowest BCUT2D eigenvalue weighted by Gasteiger charge is -2.15. The molecule has 1 aliphatic rings. The van der Waals surface area contributed by atoms with E-state index in [1.165, 1.54) is 17.4 Å². The molecule has 0 bridgehead atoms. The van der Waals surface area contributed by atoms with E-state index in [-0.39, 0.29) is 11.1 Å². The third-order valence-electron chi connectivity index (χ3n) is 5.26. The van der Waals surface area contributed by atoms with Crippen LogP contribution in [0.5, 0.6) is 5.75 Å². The smallest absolute Gasteiger partial charge is 0.277 e. The molecule has 2 heterocycles. The molecule has 1 aromatic heterocycles. The molecule has 1 amide bonds. The predicted octanol–water partition coefficient (Wildman–Crippen LogP) is 1.37. The minimum atomic E-state index is -0.515. The van der Waals surface area contributed by atoms with Crippen molar-refractivity contribution in [3.63, 3.8) is 0 Å². The number of rotatable bonds is 9. The van der Waals surface area contributed by atoms with E-state index < -0.39 is 5.91 Å². The number of hydrogen-bond acceptors (Lipinski definition) is 7. The summed E-state index contributed by atoms with van der Waals surface area (Å²) in [6.07, 6.45) is 4.09. The Balaban J connectivity index is 1.80. The molecule has 0 saturated carbocycles. The van der Waals surface area contributed by atoms with Crippen molar-refractivity contribution in [1.82, 2.24) is 14.8 Å². The highest BCUT2D eigenvalue weighted by atomic mass is 32.1. The fourth-order valence-corrected chi connectivity index (χ4v) is 4.52. The number of anilines is 1. The molecule has 3 rings (SSSR count). The number of aromatic nitrogens is 1.